The third kappa shape index (κ3) is 3.36. The van der Waals surface area contributed by atoms with Gasteiger partial charge in [-0.1, -0.05) is 12.2 Å². The van der Waals surface area contributed by atoms with Crippen molar-refractivity contribution in [3.8, 4) is 0 Å². The Kier molecular flexibility index (Phi) is 4.98. The maximum Gasteiger partial charge on any atom is 0.146 e. The van der Waals surface area contributed by atoms with Crippen molar-refractivity contribution in [2.24, 2.45) is 5.73 Å². The van der Waals surface area contributed by atoms with Crippen LogP contribution in [0, 0.1) is 0 Å². The van der Waals surface area contributed by atoms with Gasteiger partial charge in [-0.25, -0.2) is 4.31 Å². The van der Waals surface area contributed by atoms with Crippen molar-refractivity contribution in [3.05, 3.63) is 0 Å². The first-order valence-corrected chi connectivity index (χ1v) is 4.19. The van der Waals surface area contributed by atoms with Crippen LogP contribution in [0.5, 0.6) is 0 Å². The highest BCUT2D eigenvalue weighted by atomic mass is 32.2. The quantitative estimate of drug-likeness (QED) is 0.467. The fraction of sp³-hybridized carbons (Fsp3) is 0.800. The van der Waals surface area contributed by atoms with E-state index in [0.717, 1.165) is 13.1 Å². The van der Waals surface area contributed by atoms with Crippen LogP contribution in [0.2, 0.25) is 0 Å². The Morgan fingerprint density at radius 3 is 2.30 bits per heavy atom. The fourth-order valence-corrected chi connectivity index (χ4v) is 1.92. The van der Waals surface area contributed by atoms with Crippen molar-refractivity contribution in [2.75, 3.05) is 13.1 Å². The smallest absolute Gasteiger partial charge is 0.146 e. The summed E-state index contributed by atoms with van der Waals surface area (Å²) in [6.07, 6.45) is 2.57. The molecule has 5 heteroatoms. The van der Waals surface area contributed by atoms with Gasteiger partial charge >= 0.3 is 0 Å². The molecule has 0 spiro atoms. The molecule has 1 fully saturated rings. The first kappa shape index (κ1) is 10.2. The van der Waals surface area contributed by atoms with Crippen molar-refractivity contribution in [3.63, 3.8) is 0 Å². The van der Waals surface area contributed by atoms with Crippen LogP contribution in [0.15, 0.2) is 0 Å². The summed E-state index contributed by atoms with van der Waals surface area (Å²) < 4.78 is 2.75. The highest BCUT2D eigenvalue weighted by Crippen LogP contribution is 2.17. The normalized spacial score (nSPS) is 18.4. The van der Waals surface area contributed by atoms with Crippen molar-refractivity contribution in [1.29, 1.82) is 0 Å². The summed E-state index contributed by atoms with van der Waals surface area (Å²) in [5.74, 6) is 0. The van der Waals surface area contributed by atoms with Crippen LogP contribution >= 0.6 is 24.2 Å². The van der Waals surface area contributed by atoms with Crippen LogP contribution in [0.25, 0.3) is 0 Å². The van der Waals surface area contributed by atoms with Crippen LogP contribution in [-0.4, -0.2) is 21.7 Å². The Balaban J connectivity index is 0.000000810. The molecule has 0 radical (unpaired) electrons. The first-order chi connectivity index (χ1) is 4.29. The Labute approximate surface area is 71.0 Å². The van der Waals surface area contributed by atoms with Gasteiger partial charge in [-0.3, -0.25) is 0 Å². The minimum Gasteiger partial charge on any atom is -0.384 e. The average Bonchev–Trinajstić information content (AvgIpc) is 2.15. The van der Waals surface area contributed by atoms with Crippen LogP contribution < -0.4 is 11.9 Å². The van der Waals surface area contributed by atoms with Crippen molar-refractivity contribution >= 4 is 28.5 Å². The summed E-state index contributed by atoms with van der Waals surface area (Å²) in [5, 5.41) is 0. The van der Waals surface area contributed by atoms with Gasteiger partial charge in [-0.2, -0.15) is 0 Å². The molecule has 0 atom stereocenters. The molecule has 0 aliphatic carbocycles. The predicted molar refractivity (Wildman–Crippen MR) is 50.2 cm³/mol. The van der Waals surface area contributed by atoms with Crippen molar-refractivity contribution in [2.45, 2.75) is 12.8 Å². The summed E-state index contributed by atoms with van der Waals surface area (Å²) >= 11 is 6.24. The van der Waals surface area contributed by atoms with E-state index in [2.05, 4.69) is 4.31 Å². The van der Waals surface area contributed by atoms with Crippen LogP contribution in [0.3, 0.4) is 0 Å². The zero-order valence-corrected chi connectivity index (χ0v) is 7.51. The Bertz CT molecular complexity index is 111. The first-order valence-electron chi connectivity index (χ1n) is 3.01. The van der Waals surface area contributed by atoms with E-state index in [1.165, 1.54) is 24.8 Å². The molecule has 0 unspecified atom stereocenters. The van der Waals surface area contributed by atoms with Crippen molar-refractivity contribution < 1.29 is 0 Å². The van der Waals surface area contributed by atoms with Crippen LogP contribution in [0.4, 0.5) is 0 Å². The van der Waals surface area contributed by atoms with Gasteiger partial charge in [0, 0.05) is 13.1 Å². The predicted octanol–water partition coefficient (Wildman–Crippen LogP) is 1.14. The lowest BCUT2D eigenvalue weighted by atomic mass is 10.4. The van der Waals surface area contributed by atoms with Crippen LogP contribution in [0.1, 0.15) is 12.8 Å². The molecular formula is C5H13N3S2. The summed E-state index contributed by atoms with van der Waals surface area (Å²) in [4.78, 5) is 0. The molecule has 5 N–H and O–H groups in total. The van der Waals surface area contributed by atoms with Gasteiger partial charge in [0.2, 0.25) is 0 Å². The molecular weight excluding hydrogens is 166 g/mol. The van der Waals surface area contributed by atoms with Gasteiger partial charge in [0.1, 0.15) is 4.32 Å². The topological polar surface area (TPSA) is 64.3 Å². The van der Waals surface area contributed by atoms with Gasteiger partial charge in [-0.05, 0) is 24.8 Å². The number of thiocarbonyl (C=S) groups is 1. The summed E-state index contributed by atoms with van der Waals surface area (Å²) in [5.41, 5.74) is 5.32. The molecule has 0 aromatic rings. The molecule has 3 nitrogen and oxygen atoms in total. The summed E-state index contributed by atoms with van der Waals surface area (Å²) in [6, 6.07) is 0. The second-order valence-corrected chi connectivity index (χ2v) is 3.88. The Morgan fingerprint density at radius 2 is 1.90 bits per heavy atom. The van der Waals surface area contributed by atoms with E-state index in [-0.39, 0.29) is 6.15 Å². The van der Waals surface area contributed by atoms with Gasteiger partial charge < -0.3 is 11.9 Å². The minimum atomic E-state index is 0. The van der Waals surface area contributed by atoms with Crippen LogP contribution in [-0.2, 0) is 0 Å². The molecule has 10 heavy (non-hydrogen) atoms. The van der Waals surface area contributed by atoms with E-state index >= 15 is 0 Å². The van der Waals surface area contributed by atoms with E-state index in [1.807, 2.05) is 0 Å². The molecule has 1 aliphatic rings. The number of hydrogen-bond acceptors (Lipinski definition) is 4. The monoisotopic (exact) mass is 179 g/mol. The molecule has 0 amide bonds. The van der Waals surface area contributed by atoms with E-state index in [0.29, 0.717) is 4.32 Å². The van der Waals surface area contributed by atoms with Crippen molar-refractivity contribution in [1.82, 2.24) is 10.5 Å². The number of hydrogen-bond donors (Lipinski definition) is 2. The van der Waals surface area contributed by atoms with Gasteiger partial charge in [-0.15, -0.1) is 0 Å². The molecule has 60 valence electrons. The number of nitrogens with zero attached hydrogens (tertiary/aromatic N) is 1. The van der Waals surface area contributed by atoms with Gasteiger partial charge in [0.05, 0.1) is 0 Å². The lowest BCUT2D eigenvalue weighted by molar-refractivity contribution is 0.592. The molecule has 0 saturated carbocycles. The van der Waals surface area contributed by atoms with E-state index < -0.39 is 0 Å². The molecule has 0 aromatic carbocycles. The fourth-order valence-electron chi connectivity index (χ4n) is 0.907. The number of rotatable bonds is 1. The largest absolute Gasteiger partial charge is 0.384 e. The minimum absolute atomic E-state index is 0. The maximum atomic E-state index is 5.32. The van der Waals surface area contributed by atoms with E-state index in [4.69, 9.17) is 18.0 Å². The highest BCUT2D eigenvalue weighted by Gasteiger charge is 2.11. The lowest BCUT2D eigenvalue weighted by Gasteiger charge is -2.09. The molecule has 1 saturated heterocycles. The molecule has 0 aromatic heterocycles. The lowest BCUT2D eigenvalue weighted by Crippen LogP contribution is -2.16. The molecule has 0 bridgehead atoms. The molecule has 1 heterocycles. The SMILES string of the molecule is N.NC(=S)SN1CCCC1. The average molecular weight is 179 g/mol. The second kappa shape index (κ2) is 4.90. The molecule has 1 rings (SSSR count). The standard InChI is InChI=1S/C5H10N2S2.H3N/c6-5(8)9-7-3-1-2-4-7;/h1-4H2,(H2,6,8);1H3. The third-order valence-electron chi connectivity index (χ3n) is 1.28. The third-order valence-corrected chi connectivity index (χ3v) is 2.31. The zero-order chi connectivity index (χ0) is 6.69. The van der Waals surface area contributed by atoms with E-state index in [1.54, 1.807) is 0 Å². The Hall–Kier alpha value is 0.160. The van der Waals surface area contributed by atoms with Gasteiger partial charge in [0.15, 0.2) is 0 Å². The number of nitrogens with two attached hydrogens (primary N) is 1. The van der Waals surface area contributed by atoms with Gasteiger partial charge in [0.25, 0.3) is 0 Å². The second-order valence-electron chi connectivity index (χ2n) is 2.05. The summed E-state index contributed by atoms with van der Waals surface area (Å²) in [6.45, 7) is 2.28. The maximum absolute atomic E-state index is 5.32. The zero-order valence-electron chi connectivity index (χ0n) is 5.88. The Morgan fingerprint density at radius 1 is 1.40 bits per heavy atom. The highest BCUT2D eigenvalue weighted by molar-refractivity contribution is 8.21. The molecule has 1 aliphatic heterocycles. The van der Waals surface area contributed by atoms with E-state index in [9.17, 15) is 0 Å². The summed E-state index contributed by atoms with van der Waals surface area (Å²) in [7, 11) is 0.